The van der Waals surface area contributed by atoms with Crippen LogP contribution in [0.5, 0.6) is 5.88 Å². The van der Waals surface area contributed by atoms with Crippen LogP contribution >= 0.6 is 11.8 Å². The van der Waals surface area contributed by atoms with Gasteiger partial charge in [-0.3, -0.25) is 0 Å². The molecule has 0 saturated heterocycles. The van der Waals surface area contributed by atoms with Crippen molar-refractivity contribution in [2.75, 3.05) is 11.1 Å². The first-order valence-electron chi connectivity index (χ1n) is 8.91. The second-order valence-corrected chi connectivity index (χ2v) is 7.22. The lowest BCUT2D eigenvalue weighted by atomic mass is 10.1. The zero-order chi connectivity index (χ0) is 18.6. The summed E-state index contributed by atoms with van der Waals surface area (Å²) >= 11 is 1.55. The molecule has 3 aromatic rings. The van der Waals surface area contributed by atoms with Crippen molar-refractivity contribution in [2.45, 2.75) is 31.1 Å². The van der Waals surface area contributed by atoms with E-state index < -0.39 is 6.23 Å². The van der Waals surface area contributed by atoms with E-state index in [2.05, 4.69) is 27.4 Å². The Morgan fingerprint density at radius 2 is 1.93 bits per heavy atom. The molecule has 7 heteroatoms. The Morgan fingerprint density at radius 3 is 2.78 bits per heavy atom. The summed E-state index contributed by atoms with van der Waals surface area (Å²) in [6.07, 6.45) is 1.47. The highest BCUT2D eigenvalue weighted by atomic mass is 32.2. The third-order valence-electron chi connectivity index (χ3n) is 4.25. The van der Waals surface area contributed by atoms with Gasteiger partial charge in [0.05, 0.1) is 0 Å². The topological polar surface area (TPSA) is 59.9 Å². The molecule has 27 heavy (non-hydrogen) atoms. The number of fused-ring (bicyclic) bond motifs is 3. The molecule has 0 amide bonds. The van der Waals surface area contributed by atoms with Crippen molar-refractivity contribution in [1.29, 1.82) is 0 Å². The molecule has 1 N–H and O–H groups in total. The molecule has 1 aliphatic heterocycles. The minimum absolute atomic E-state index is 0.338. The number of benzene rings is 2. The van der Waals surface area contributed by atoms with Gasteiger partial charge < -0.3 is 10.1 Å². The quantitative estimate of drug-likeness (QED) is 0.491. The molecule has 1 aromatic heterocycles. The molecule has 0 saturated carbocycles. The van der Waals surface area contributed by atoms with Gasteiger partial charge in [0.25, 0.3) is 0 Å². The lowest BCUT2D eigenvalue weighted by molar-refractivity contribution is 0.220. The van der Waals surface area contributed by atoms with Crippen LogP contribution < -0.4 is 10.1 Å². The average molecular weight is 382 g/mol. The third-order valence-corrected chi connectivity index (χ3v) is 5.17. The summed E-state index contributed by atoms with van der Waals surface area (Å²) in [5, 5.41) is 12.4. The van der Waals surface area contributed by atoms with Gasteiger partial charge in [-0.2, -0.15) is 4.98 Å². The Hall–Kier alpha value is -2.67. The van der Waals surface area contributed by atoms with Gasteiger partial charge in [-0.25, -0.2) is 4.39 Å². The molecular weight excluding hydrogens is 363 g/mol. The molecule has 4 rings (SSSR count). The van der Waals surface area contributed by atoms with Crippen molar-refractivity contribution in [3.8, 4) is 17.1 Å². The first-order valence-corrected chi connectivity index (χ1v) is 9.89. The molecule has 0 aliphatic carbocycles. The van der Waals surface area contributed by atoms with Gasteiger partial charge in [0.15, 0.2) is 5.69 Å². The SMILES string of the molecule is CCCCSc1nnc2c(n1)O[C@@H](c1ccccc1F)Nc1ccccc1-2. The second kappa shape index (κ2) is 7.92. The first-order chi connectivity index (χ1) is 13.3. The second-order valence-electron chi connectivity index (χ2n) is 6.16. The van der Waals surface area contributed by atoms with Gasteiger partial charge in [-0.1, -0.05) is 61.5 Å². The van der Waals surface area contributed by atoms with E-state index in [0.717, 1.165) is 29.8 Å². The Bertz CT molecular complexity index is 953. The number of ether oxygens (including phenoxy) is 1. The van der Waals surface area contributed by atoms with Crippen LogP contribution in [0.15, 0.2) is 53.7 Å². The fourth-order valence-corrected chi connectivity index (χ4v) is 3.71. The predicted octanol–water partition coefficient (Wildman–Crippen LogP) is 5.07. The smallest absolute Gasteiger partial charge is 0.247 e. The molecular formula is C20H19FN4OS. The monoisotopic (exact) mass is 382 g/mol. The fraction of sp³-hybridized carbons (Fsp3) is 0.250. The molecule has 1 aliphatic rings. The van der Waals surface area contributed by atoms with E-state index in [-0.39, 0.29) is 5.82 Å². The Labute approximate surface area is 161 Å². The van der Waals surface area contributed by atoms with E-state index in [1.807, 2.05) is 24.3 Å². The number of anilines is 1. The summed E-state index contributed by atoms with van der Waals surface area (Å²) in [4.78, 5) is 4.55. The average Bonchev–Trinajstić information content (AvgIpc) is 2.85. The van der Waals surface area contributed by atoms with Crippen LogP contribution in [0.25, 0.3) is 11.3 Å². The van der Waals surface area contributed by atoms with Gasteiger partial charge >= 0.3 is 0 Å². The number of rotatable bonds is 5. The highest BCUT2D eigenvalue weighted by molar-refractivity contribution is 7.99. The number of hydrogen-bond acceptors (Lipinski definition) is 6. The number of para-hydroxylation sites is 1. The van der Waals surface area contributed by atoms with Crippen LogP contribution in [0, 0.1) is 5.82 Å². The van der Waals surface area contributed by atoms with E-state index >= 15 is 0 Å². The zero-order valence-corrected chi connectivity index (χ0v) is 15.7. The number of halogens is 1. The van der Waals surface area contributed by atoms with E-state index in [1.54, 1.807) is 30.0 Å². The van der Waals surface area contributed by atoms with Crippen LogP contribution in [0.1, 0.15) is 31.6 Å². The summed E-state index contributed by atoms with van der Waals surface area (Å²) < 4.78 is 20.4. The lowest BCUT2D eigenvalue weighted by Crippen LogP contribution is -2.18. The van der Waals surface area contributed by atoms with Crippen molar-refractivity contribution >= 4 is 17.4 Å². The van der Waals surface area contributed by atoms with Gasteiger partial charge in [-0.05, 0) is 18.6 Å². The van der Waals surface area contributed by atoms with E-state index in [1.165, 1.54) is 6.07 Å². The standard InChI is InChI=1S/C20H19FN4OS/c1-2-3-12-27-20-23-19-17(24-25-20)14-9-5-7-11-16(14)22-18(26-19)13-8-4-6-10-15(13)21/h4-11,18,22H,2-3,12H2,1H3/t18-/m0/s1. The van der Waals surface area contributed by atoms with E-state index in [4.69, 9.17) is 4.74 Å². The van der Waals surface area contributed by atoms with Crippen molar-refractivity contribution in [1.82, 2.24) is 15.2 Å². The van der Waals surface area contributed by atoms with E-state index in [0.29, 0.717) is 22.3 Å². The molecule has 0 radical (unpaired) electrons. The summed E-state index contributed by atoms with van der Waals surface area (Å²) in [5.74, 6) is 0.938. The first kappa shape index (κ1) is 17.7. The van der Waals surface area contributed by atoms with Crippen molar-refractivity contribution in [3.63, 3.8) is 0 Å². The minimum atomic E-state index is -0.709. The van der Waals surface area contributed by atoms with Crippen LogP contribution in [0.3, 0.4) is 0 Å². The molecule has 138 valence electrons. The van der Waals surface area contributed by atoms with E-state index in [9.17, 15) is 4.39 Å². The molecule has 0 bridgehead atoms. The number of hydrogen-bond donors (Lipinski definition) is 1. The molecule has 2 heterocycles. The third kappa shape index (κ3) is 3.73. The van der Waals surface area contributed by atoms with Crippen molar-refractivity contribution in [2.24, 2.45) is 0 Å². The molecule has 0 unspecified atom stereocenters. The van der Waals surface area contributed by atoms with Crippen LogP contribution in [-0.4, -0.2) is 20.9 Å². The van der Waals surface area contributed by atoms with Gasteiger partial charge in [0.2, 0.25) is 17.3 Å². The Balaban J connectivity index is 1.76. The zero-order valence-electron chi connectivity index (χ0n) is 14.9. The summed E-state index contributed by atoms with van der Waals surface area (Å²) in [5.41, 5.74) is 2.60. The molecule has 0 spiro atoms. The van der Waals surface area contributed by atoms with Crippen molar-refractivity contribution < 1.29 is 9.13 Å². The van der Waals surface area contributed by atoms with Gasteiger partial charge in [0.1, 0.15) is 5.82 Å². The molecule has 5 nitrogen and oxygen atoms in total. The Kier molecular flexibility index (Phi) is 5.20. The summed E-state index contributed by atoms with van der Waals surface area (Å²) in [6.45, 7) is 2.14. The highest BCUT2D eigenvalue weighted by Gasteiger charge is 2.27. The van der Waals surface area contributed by atoms with Crippen LogP contribution in [-0.2, 0) is 0 Å². The number of nitrogens with one attached hydrogen (secondary N) is 1. The molecule has 2 aromatic carbocycles. The maximum absolute atomic E-state index is 14.4. The summed E-state index contributed by atoms with van der Waals surface area (Å²) in [6, 6.07) is 14.2. The molecule has 0 fully saturated rings. The number of unbranched alkanes of at least 4 members (excludes halogenated alkanes) is 1. The van der Waals surface area contributed by atoms with Gasteiger partial charge in [-0.15, -0.1) is 10.2 Å². The number of aromatic nitrogens is 3. The van der Waals surface area contributed by atoms with Crippen LogP contribution in [0.2, 0.25) is 0 Å². The number of nitrogens with zero attached hydrogens (tertiary/aromatic N) is 3. The maximum Gasteiger partial charge on any atom is 0.247 e. The summed E-state index contributed by atoms with van der Waals surface area (Å²) in [7, 11) is 0. The predicted molar refractivity (Wildman–Crippen MR) is 104 cm³/mol. The fourth-order valence-electron chi connectivity index (χ4n) is 2.84. The normalized spacial score (nSPS) is 15.1. The number of thioether (sulfide) groups is 1. The Morgan fingerprint density at radius 1 is 1.11 bits per heavy atom. The maximum atomic E-state index is 14.4. The van der Waals surface area contributed by atoms with Crippen molar-refractivity contribution in [3.05, 3.63) is 59.9 Å². The lowest BCUT2D eigenvalue weighted by Gasteiger charge is -2.19. The van der Waals surface area contributed by atoms with Gasteiger partial charge in [0, 0.05) is 22.6 Å². The van der Waals surface area contributed by atoms with Crippen LogP contribution in [0.4, 0.5) is 10.1 Å². The largest absolute Gasteiger partial charge is 0.448 e. The minimum Gasteiger partial charge on any atom is -0.448 e. The molecule has 1 atom stereocenters. The highest BCUT2D eigenvalue weighted by Crippen LogP contribution is 2.39.